The molecule has 0 heterocycles. The molecule has 2 N–H and O–H groups in total. The Morgan fingerprint density at radius 1 is 0.955 bits per heavy atom. The molecule has 0 aliphatic carbocycles. The highest BCUT2D eigenvalue weighted by atomic mass is 16.5. The Labute approximate surface area is 129 Å². The van der Waals surface area contributed by atoms with Crippen molar-refractivity contribution in [1.82, 2.24) is 5.32 Å². The van der Waals surface area contributed by atoms with Crippen molar-refractivity contribution in [2.45, 2.75) is 0 Å². The highest BCUT2D eigenvalue weighted by molar-refractivity contribution is 6.06. The van der Waals surface area contributed by atoms with Crippen LogP contribution < -0.4 is 10.6 Å². The third kappa shape index (κ3) is 4.43. The van der Waals surface area contributed by atoms with E-state index in [1.165, 1.54) is 0 Å². The lowest BCUT2D eigenvalue weighted by Gasteiger charge is -2.08. The molecule has 0 saturated heterocycles. The average molecular weight is 298 g/mol. The van der Waals surface area contributed by atoms with Crippen LogP contribution in [0.4, 0.5) is 5.69 Å². The third-order valence-corrected chi connectivity index (χ3v) is 3.01. The minimum atomic E-state index is -0.252. The number of hydrogen-bond donors (Lipinski definition) is 2. The smallest absolute Gasteiger partial charge is 0.255 e. The normalized spacial score (nSPS) is 10.0. The SMILES string of the molecule is COCCNC(=O)c1cccc(C(=O)Nc2ccccc2)c1. The van der Waals surface area contributed by atoms with Crippen molar-refractivity contribution in [2.75, 3.05) is 25.6 Å². The minimum absolute atomic E-state index is 0.230. The standard InChI is InChI=1S/C17H18N2O3/c1-22-11-10-18-16(20)13-6-5-7-14(12-13)17(21)19-15-8-3-2-4-9-15/h2-9,12H,10-11H2,1H3,(H,18,20)(H,19,21). The van der Waals surface area contributed by atoms with E-state index in [0.717, 1.165) is 0 Å². The second kappa shape index (κ2) is 7.95. The minimum Gasteiger partial charge on any atom is -0.383 e. The number of anilines is 1. The van der Waals surface area contributed by atoms with E-state index >= 15 is 0 Å². The van der Waals surface area contributed by atoms with Gasteiger partial charge in [-0.15, -0.1) is 0 Å². The fourth-order valence-electron chi connectivity index (χ4n) is 1.90. The zero-order valence-corrected chi connectivity index (χ0v) is 12.3. The zero-order valence-electron chi connectivity index (χ0n) is 12.3. The molecule has 5 nitrogen and oxygen atoms in total. The number of carbonyl (C=O) groups is 2. The fraction of sp³-hybridized carbons (Fsp3) is 0.176. The van der Waals surface area contributed by atoms with Crippen LogP contribution in [0.1, 0.15) is 20.7 Å². The van der Waals surface area contributed by atoms with E-state index in [1.54, 1.807) is 43.5 Å². The molecule has 0 fully saturated rings. The van der Waals surface area contributed by atoms with E-state index in [1.807, 2.05) is 18.2 Å². The van der Waals surface area contributed by atoms with Gasteiger partial charge in [0.2, 0.25) is 0 Å². The summed E-state index contributed by atoms with van der Waals surface area (Å²) in [5.41, 5.74) is 1.59. The summed E-state index contributed by atoms with van der Waals surface area (Å²) in [7, 11) is 1.57. The number of amides is 2. The molecule has 2 amide bonds. The Morgan fingerprint density at radius 3 is 2.32 bits per heavy atom. The Bertz CT molecular complexity index is 641. The maximum Gasteiger partial charge on any atom is 0.255 e. The number of nitrogens with one attached hydrogen (secondary N) is 2. The highest BCUT2D eigenvalue weighted by Crippen LogP contribution is 2.10. The van der Waals surface area contributed by atoms with Crippen LogP contribution in [0.2, 0.25) is 0 Å². The number of rotatable bonds is 6. The van der Waals surface area contributed by atoms with E-state index in [2.05, 4.69) is 10.6 Å². The summed E-state index contributed by atoms with van der Waals surface area (Å²) in [5.74, 6) is -0.482. The molecule has 2 rings (SSSR count). The van der Waals surface area contributed by atoms with E-state index in [4.69, 9.17) is 4.74 Å². The summed E-state index contributed by atoms with van der Waals surface area (Å²) in [4.78, 5) is 24.1. The number of carbonyl (C=O) groups excluding carboxylic acids is 2. The van der Waals surface area contributed by atoms with Crippen LogP contribution >= 0.6 is 0 Å². The third-order valence-electron chi connectivity index (χ3n) is 3.01. The van der Waals surface area contributed by atoms with E-state index in [0.29, 0.717) is 30.0 Å². The maximum atomic E-state index is 12.2. The molecular formula is C17H18N2O3. The predicted octanol–water partition coefficient (Wildman–Crippen LogP) is 2.32. The predicted molar refractivity (Wildman–Crippen MR) is 85.0 cm³/mol. The van der Waals surface area contributed by atoms with Crippen molar-refractivity contribution in [2.24, 2.45) is 0 Å². The van der Waals surface area contributed by atoms with Crippen LogP contribution in [-0.4, -0.2) is 32.1 Å². The Kier molecular flexibility index (Phi) is 5.68. The molecule has 0 unspecified atom stereocenters. The van der Waals surface area contributed by atoms with Gasteiger partial charge in [-0.3, -0.25) is 9.59 Å². The van der Waals surface area contributed by atoms with Crippen molar-refractivity contribution in [3.8, 4) is 0 Å². The Hall–Kier alpha value is -2.66. The van der Waals surface area contributed by atoms with Crippen LogP contribution in [0.25, 0.3) is 0 Å². The van der Waals surface area contributed by atoms with Gasteiger partial charge in [0.1, 0.15) is 0 Å². The lowest BCUT2D eigenvalue weighted by Crippen LogP contribution is -2.27. The van der Waals surface area contributed by atoms with E-state index in [-0.39, 0.29) is 11.8 Å². The quantitative estimate of drug-likeness (QED) is 0.804. The van der Waals surface area contributed by atoms with Gasteiger partial charge in [0.25, 0.3) is 11.8 Å². The van der Waals surface area contributed by atoms with Crippen molar-refractivity contribution in [1.29, 1.82) is 0 Å². The monoisotopic (exact) mass is 298 g/mol. The highest BCUT2D eigenvalue weighted by Gasteiger charge is 2.10. The lowest BCUT2D eigenvalue weighted by atomic mass is 10.1. The Balaban J connectivity index is 2.04. The van der Waals surface area contributed by atoms with Crippen molar-refractivity contribution < 1.29 is 14.3 Å². The first kappa shape index (κ1) is 15.7. The number of benzene rings is 2. The molecule has 0 spiro atoms. The fourth-order valence-corrected chi connectivity index (χ4v) is 1.90. The molecular weight excluding hydrogens is 280 g/mol. The van der Waals surface area contributed by atoms with Gasteiger partial charge in [-0.2, -0.15) is 0 Å². The van der Waals surface area contributed by atoms with Crippen molar-refractivity contribution in [3.63, 3.8) is 0 Å². The summed E-state index contributed by atoms with van der Waals surface area (Å²) < 4.78 is 4.88. The molecule has 0 aromatic heterocycles. The largest absolute Gasteiger partial charge is 0.383 e. The molecule has 0 saturated carbocycles. The molecule has 0 bridgehead atoms. The van der Waals surface area contributed by atoms with Gasteiger partial charge < -0.3 is 15.4 Å². The maximum absolute atomic E-state index is 12.2. The van der Waals surface area contributed by atoms with Crippen LogP contribution in [0.15, 0.2) is 54.6 Å². The van der Waals surface area contributed by atoms with Gasteiger partial charge in [0.15, 0.2) is 0 Å². The summed E-state index contributed by atoms with van der Waals surface area (Å²) in [6.45, 7) is 0.871. The second-order valence-corrected chi connectivity index (χ2v) is 4.65. The van der Waals surface area contributed by atoms with Gasteiger partial charge >= 0.3 is 0 Å². The molecule has 0 atom stereocenters. The summed E-state index contributed by atoms with van der Waals surface area (Å²) in [6.07, 6.45) is 0. The Morgan fingerprint density at radius 2 is 1.64 bits per heavy atom. The lowest BCUT2D eigenvalue weighted by molar-refractivity contribution is 0.0937. The zero-order chi connectivity index (χ0) is 15.8. The van der Waals surface area contributed by atoms with Gasteiger partial charge in [-0.1, -0.05) is 24.3 Å². The number of hydrogen-bond acceptors (Lipinski definition) is 3. The van der Waals surface area contributed by atoms with Gasteiger partial charge in [-0.25, -0.2) is 0 Å². The molecule has 0 aliphatic heterocycles. The molecule has 0 radical (unpaired) electrons. The number of ether oxygens (including phenoxy) is 1. The van der Waals surface area contributed by atoms with E-state index < -0.39 is 0 Å². The number of methoxy groups -OCH3 is 1. The molecule has 2 aromatic carbocycles. The first-order valence-electron chi connectivity index (χ1n) is 6.94. The van der Waals surface area contributed by atoms with Crippen molar-refractivity contribution >= 4 is 17.5 Å². The van der Waals surface area contributed by atoms with Crippen molar-refractivity contribution in [3.05, 3.63) is 65.7 Å². The summed E-state index contributed by atoms with van der Waals surface area (Å²) in [5, 5.41) is 5.51. The second-order valence-electron chi connectivity index (χ2n) is 4.65. The van der Waals surface area contributed by atoms with Gasteiger partial charge in [0.05, 0.1) is 6.61 Å². The molecule has 5 heteroatoms. The average Bonchev–Trinajstić information content (AvgIpc) is 2.56. The summed E-state index contributed by atoms with van der Waals surface area (Å²) in [6, 6.07) is 15.8. The van der Waals surface area contributed by atoms with Crippen LogP contribution in [0, 0.1) is 0 Å². The molecule has 0 aliphatic rings. The van der Waals surface area contributed by atoms with Crippen LogP contribution in [0.5, 0.6) is 0 Å². The topological polar surface area (TPSA) is 67.4 Å². The van der Waals surface area contributed by atoms with E-state index in [9.17, 15) is 9.59 Å². The first-order chi connectivity index (χ1) is 10.7. The van der Waals surface area contributed by atoms with Gasteiger partial charge in [0, 0.05) is 30.5 Å². The van der Waals surface area contributed by atoms with Crippen LogP contribution in [0.3, 0.4) is 0 Å². The number of para-hydroxylation sites is 1. The molecule has 114 valence electrons. The molecule has 2 aromatic rings. The summed E-state index contributed by atoms with van der Waals surface area (Å²) >= 11 is 0. The first-order valence-corrected chi connectivity index (χ1v) is 6.94. The van der Waals surface area contributed by atoms with Crippen LogP contribution in [-0.2, 0) is 4.74 Å². The molecule has 22 heavy (non-hydrogen) atoms. The van der Waals surface area contributed by atoms with Gasteiger partial charge in [-0.05, 0) is 30.3 Å².